The van der Waals surface area contributed by atoms with E-state index in [1.165, 1.54) is 0 Å². The molecule has 0 bridgehead atoms. The number of carbonyl (C=O) groups is 2. The highest BCUT2D eigenvalue weighted by Gasteiger charge is 2.33. The van der Waals surface area contributed by atoms with Crippen molar-refractivity contribution in [2.24, 2.45) is 0 Å². The molecule has 2 N–H and O–H groups in total. The number of carboxylic acids is 1. The molecule has 9 nitrogen and oxygen atoms in total. The number of aryl methyl sites for hydroxylation is 1. The van der Waals surface area contributed by atoms with Crippen LogP contribution in [0.5, 0.6) is 17.2 Å². The van der Waals surface area contributed by atoms with Gasteiger partial charge in [0.25, 0.3) is 0 Å². The van der Waals surface area contributed by atoms with Crippen molar-refractivity contribution in [1.82, 2.24) is 4.90 Å². The van der Waals surface area contributed by atoms with Gasteiger partial charge in [0.15, 0.2) is 29.7 Å². The summed E-state index contributed by atoms with van der Waals surface area (Å²) in [7, 11) is 0. The third kappa shape index (κ3) is 7.79. The number of anilines is 1. The third-order valence-electron chi connectivity index (χ3n) is 7.56. The van der Waals surface area contributed by atoms with E-state index in [4.69, 9.17) is 19.6 Å². The van der Waals surface area contributed by atoms with E-state index >= 15 is 4.39 Å². The van der Waals surface area contributed by atoms with E-state index in [-0.39, 0.29) is 71.4 Å². The summed E-state index contributed by atoms with van der Waals surface area (Å²) < 4.78 is 32.3. The summed E-state index contributed by atoms with van der Waals surface area (Å²) in [5, 5.41) is 17.9. The molecular formula is C32H43BrFN3O6. The van der Waals surface area contributed by atoms with Gasteiger partial charge in [0, 0.05) is 31.6 Å². The minimum absolute atomic E-state index is 0. The Bertz CT molecular complexity index is 1350. The highest BCUT2D eigenvalue weighted by molar-refractivity contribution is 8.93. The Labute approximate surface area is 263 Å². The van der Waals surface area contributed by atoms with Crippen LogP contribution in [0.1, 0.15) is 76.1 Å². The molecule has 1 saturated heterocycles. The molecule has 4 rings (SSSR count). The molecule has 0 amide bonds. The van der Waals surface area contributed by atoms with Crippen LogP contribution in [0.25, 0.3) is 0 Å². The number of fused-ring (bicyclic) bond motifs is 1. The van der Waals surface area contributed by atoms with Gasteiger partial charge in [0.1, 0.15) is 11.6 Å². The van der Waals surface area contributed by atoms with Crippen LogP contribution in [0.2, 0.25) is 0 Å². The largest absolute Gasteiger partial charge is 0.490 e. The van der Waals surface area contributed by atoms with Crippen LogP contribution >= 0.6 is 17.0 Å². The summed E-state index contributed by atoms with van der Waals surface area (Å²) >= 11 is 0. The van der Waals surface area contributed by atoms with Crippen molar-refractivity contribution in [2.75, 3.05) is 44.4 Å². The lowest BCUT2D eigenvalue weighted by Crippen LogP contribution is -2.30. The smallest absolute Gasteiger partial charge is 0.341 e. The highest BCUT2D eigenvalue weighted by Crippen LogP contribution is 2.42. The Kier molecular flexibility index (Phi) is 11.5. The van der Waals surface area contributed by atoms with Crippen LogP contribution in [0.4, 0.5) is 10.1 Å². The highest BCUT2D eigenvalue weighted by atomic mass is 79.9. The Morgan fingerprint density at radius 3 is 2.30 bits per heavy atom. The average molecular weight is 665 g/mol. The van der Waals surface area contributed by atoms with Gasteiger partial charge in [-0.15, -0.1) is 17.0 Å². The number of hydrogen-bond acceptors (Lipinski definition) is 7. The van der Waals surface area contributed by atoms with E-state index in [0.29, 0.717) is 30.1 Å². The zero-order valence-electron chi connectivity index (χ0n) is 25.7. The molecule has 2 aliphatic heterocycles. The molecular weight excluding hydrogens is 621 g/mol. The zero-order chi connectivity index (χ0) is 30.6. The predicted molar refractivity (Wildman–Crippen MR) is 169 cm³/mol. The van der Waals surface area contributed by atoms with E-state index in [9.17, 15) is 14.7 Å². The van der Waals surface area contributed by atoms with Crippen molar-refractivity contribution in [2.45, 2.75) is 72.3 Å². The van der Waals surface area contributed by atoms with Gasteiger partial charge < -0.3 is 29.1 Å². The number of ketones is 1. The Balaban J connectivity index is 0.00000506. The van der Waals surface area contributed by atoms with Crippen LogP contribution in [0, 0.1) is 11.2 Å². The molecule has 0 aromatic heterocycles. The Morgan fingerprint density at radius 2 is 1.70 bits per heavy atom. The van der Waals surface area contributed by atoms with Gasteiger partial charge in [-0.3, -0.25) is 10.2 Å². The molecule has 2 heterocycles. The molecule has 0 unspecified atom stereocenters. The molecule has 0 saturated carbocycles. The van der Waals surface area contributed by atoms with E-state index < -0.39 is 18.4 Å². The lowest BCUT2D eigenvalue weighted by atomic mass is 9.84. The SMILES string of the molecule is Br.CCOc1cc2c(c(F)c1OCC)C(=N)N(CC(=O)CCc1cc(N3CCCC3)c(OCC(=O)O)c(C(C)(C)C)c1)C2. The standard InChI is InChI=1S/C32H42FN3O6.BrH/c1-6-40-25-16-21-17-36(31(34)27(21)28(33)30(25)41-7-2)18-22(37)11-10-20-14-23(32(3,4)5)29(42-19-26(38)39)24(15-20)35-12-8-9-13-35;/h14-16,34H,6-13,17-19H2,1-5H3,(H,38,39);1H. The normalized spacial score (nSPS) is 14.4. The average Bonchev–Trinajstić information content (AvgIpc) is 3.56. The number of hydrogen-bond donors (Lipinski definition) is 2. The minimum atomic E-state index is -1.03. The number of Topliss-reactive ketones (excluding diaryl/α,β-unsaturated/α-hetero) is 1. The molecule has 11 heteroatoms. The second-order valence-electron chi connectivity index (χ2n) is 11.8. The van der Waals surface area contributed by atoms with E-state index in [0.717, 1.165) is 42.7 Å². The van der Waals surface area contributed by atoms with Crippen molar-refractivity contribution in [1.29, 1.82) is 5.41 Å². The number of amidine groups is 1. The maximum atomic E-state index is 15.4. The number of carboxylic acid groups (broad SMARTS) is 1. The van der Waals surface area contributed by atoms with E-state index in [1.54, 1.807) is 17.9 Å². The first-order chi connectivity index (χ1) is 19.9. The van der Waals surface area contributed by atoms with E-state index in [2.05, 4.69) is 25.7 Å². The summed E-state index contributed by atoms with van der Waals surface area (Å²) in [4.78, 5) is 28.3. The maximum Gasteiger partial charge on any atom is 0.341 e. The van der Waals surface area contributed by atoms with Gasteiger partial charge in [0.05, 0.1) is 31.0 Å². The first-order valence-corrected chi connectivity index (χ1v) is 14.7. The van der Waals surface area contributed by atoms with Gasteiger partial charge in [-0.25, -0.2) is 9.18 Å². The van der Waals surface area contributed by atoms with Crippen molar-refractivity contribution in [3.63, 3.8) is 0 Å². The number of nitrogens with zero attached hydrogens (tertiary/aromatic N) is 2. The van der Waals surface area contributed by atoms with Crippen molar-refractivity contribution in [3.05, 3.63) is 46.3 Å². The Morgan fingerprint density at radius 1 is 1.02 bits per heavy atom. The number of nitrogens with one attached hydrogen (secondary N) is 1. The summed E-state index contributed by atoms with van der Waals surface area (Å²) in [6, 6.07) is 5.73. The fourth-order valence-electron chi connectivity index (χ4n) is 5.59. The van der Waals surface area contributed by atoms with Crippen LogP contribution in [0.15, 0.2) is 18.2 Å². The second kappa shape index (κ2) is 14.4. The third-order valence-corrected chi connectivity index (χ3v) is 7.56. The molecule has 1 fully saturated rings. The van der Waals surface area contributed by atoms with Gasteiger partial charge in [-0.2, -0.15) is 0 Å². The lowest BCUT2D eigenvalue weighted by Gasteiger charge is -2.29. The number of carbonyl (C=O) groups excluding carboxylic acids is 1. The topological polar surface area (TPSA) is 112 Å². The van der Waals surface area contributed by atoms with E-state index in [1.807, 2.05) is 19.1 Å². The fourth-order valence-corrected chi connectivity index (χ4v) is 5.59. The van der Waals surface area contributed by atoms with Crippen molar-refractivity contribution in [3.8, 4) is 17.2 Å². The summed E-state index contributed by atoms with van der Waals surface area (Å²) in [5.74, 6) is -0.877. The maximum absolute atomic E-state index is 15.4. The van der Waals surface area contributed by atoms with Crippen LogP contribution in [-0.4, -0.2) is 67.0 Å². The predicted octanol–water partition coefficient (Wildman–Crippen LogP) is 5.90. The molecule has 2 aromatic carbocycles. The van der Waals surface area contributed by atoms with Gasteiger partial charge in [0.2, 0.25) is 0 Å². The first-order valence-electron chi connectivity index (χ1n) is 14.7. The number of benzene rings is 2. The van der Waals surface area contributed by atoms with Crippen LogP contribution in [0.3, 0.4) is 0 Å². The Hall–Kier alpha value is -3.34. The number of rotatable bonds is 13. The van der Waals surface area contributed by atoms with Crippen LogP contribution < -0.4 is 19.1 Å². The number of ether oxygens (including phenoxy) is 3. The van der Waals surface area contributed by atoms with Gasteiger partial charge >= 0.3 is 5.97 Å². The van der Waals surface area contributed by atoms with Gasteiger partial charge in [-0.05, 0) is 61.8 Å². The quantitative estimate of drug-likeness (QED) is 0.272. The van der Waals surface area contributed by atoms with Crippen molar-refractivity contribution >= 4 is 40.3 Å². The molecule has 236 valence electrons. The first kappa shape index (κ1) is 34.2. The fraction of sp³-hybridized carbons (Fsp3) is 0.531. The van der Waals surface area contributed by atoms with Gasteiger partial charge in [-0.1, -0.05) is 26.8 Å². The summed E-state index contributed by atoms with van der Waals surface area (Å²) in [5.41, 5.74) is 3.16. The molecule has 2 aliphatic rings. The lowest BCUT2D eigenvalue weighted by molar-refractivity contribution is -0.139. The molecule has 43 heavy (non-hydrogen) atoms. The molecule has 0 radical (unpaired) electrons. The molecule has 0 spiro atoms. The summed E-state index contributed by atoms with van der Waals surface area (Å²) in [6.07, 6.45) is 2.83. The molecule has 2 aromatic rings. The number of aliphatic carboxylic acids is 1. The zero-order valence-corrected chi connectivity index (χ0v) is 27.4. The second-order valence-corrected chi connectivity index (χ2v) is 11.8. The van der Waals surface area contributed by atoms with Crippen LogP contribution in [-0.2, 0) is 28.0 Å². The molecule has 0 atom stereocenters. The monoisotopic (exact) mass is 663 g/mol. The number of halogens is 2. The minimum Gasteiger partial charge on any atom is -0.490 e. The summed E-state index contributed by atoms with van der Waals surface area (Å²) in [6.45, 7) is 11.9. The van der Waals surface area contributed by atoms with Crippen molar-refractivity contribution < 1.29 is 33.3 Å². The molecule has 0 aliphatic carbocycles.